The smallest absolute Gasteiger partial charge is 0.300 e. The van der Waals surface area contributed by atoms with E-state index in [4.69, 9.17) is 16.3 Å². The van der Waals surface area contributed by atoms with Crippen molar-refractivity contribution in [1.82, 2.24) is 4.90 Å². The van der Waals surface area contributed by atoms with Gasteiger partial charge in [0.2, 0.25) is 0 Å². The van der Waals surface area contributed by atoms with Gasteiger partial charge in [-0.25, -0.2) is 0 Å². The van der Waals surface area contributed by atoms with E-state index >= 15 is 0 Å². The average Bonchev–Trinajstić information content (AvgIpc) is 2.87. The van der Waals surface area contributed by atoms with E-state index in [0.29, 0.717) is 27.6 Å². The van der Waals surface area contributed by atoms with Gasteiger partial charge in [-0.15, -0.1) is 0 Å². The van der Waals surface area contributed by atoms with Gasteiger partial charge in [0.25, 0.3) is 11.5 Å². The number of non-ortho nitro benzene ring substituents is 1. The molecule has 0 atom stereocenters. The quantitative estimate of drug-likeness (QED) is 0.428. The molecule has 2 aromatic rings. The number of nitro groups is 1. The van der Waals surface area contributed by atoms with Crippen molar-refractivity contribution in [3.63, 3.8) is 0 Å². The Morgan fingerprint density at radius 1 is 1.22 bits per heavy atom. The van der Waals surface area contributed by atoms with Crippen molar-refractivity contribution in [2.75, 3.05) is 25.7 Å². The fourth-order valence-corrected chi connectivity index (χ4v) is 3.10. The molecule has 0 aliphatic carbocycles. The zero-order chi connectivity index (χ0) is 19.7. The fraction of sp³-hybridized carbons (Fsp3) is 0.222. The number of hydrogen-bond donors (Lipinski definition) is 0. The van der Waals surface area contributed by atoms with Gasteiger partial charge in [-0.3, -0.25) is 29.5 Å². The first-order chi connectivity index (χ1) is 12.8. The second-order valence-electron chi connectivity index (χ2n) is 6.13. The lowest BCUT2D eigenvalue weighted by Gasteiger charge is -2.24. The van der Waals surface area contributed by atoms with Gasteiger partial charge >= 0.3 is 5.91 Å². The van der Waals surface area contributed by atoms with Crippen LogP contribution in [0.3, 0.4) is 0 Å². The number of rotatable bonds is 6. The Balaban J connectivity index is 1.82. The maximum atomic E-state index is 12.4. The number of halogens is 1. The number of hydrogen-bond acceptors (Lipinski definition) is 6. The van der Waals surface area contributed by atoms with Crippen LogP contribution in [0.2, 0.25) is 5.02 Å². The highest BCUT2D eigenvalue weighted by atomic mass is 35.5. The zero-order valence-corrected chi connectivity index (χ0v) is 15.4. The molecule has 0 bridgehead atoms. The first-order valence-corrected chi connectivity index (χ1v) is 8.35. The summed E-state index contributed by atoms with van der Waals surface area (Å²) in [6, 6.07) is 9.01. The van der Waals surface area contributed by atoms with Gasteiger partial charge < -0.3 is 4.74 Å². The van der Waals surface area contributed by atoms with Crippen molar-refractivity contribution in [3.8, 4) is 5.75 Å². The van der Waals surface area contributed by atoms with Crippen LogP contribution in [0.5, 0.6) is 5.75 Å². The number of fused-ring (bicyclic) bond motifs is 1. The molecule has 0 saturated heterocycles. The molecule has 0 aromatic heterocycles. The third-order valence-corrected chi connectivity index (χ3v) is 4.61. The molecule has 0 unspecified atom stereocenters. The summed E-state index contributed by atoms with van der Waals surface area (Å²) in [5, 5.41) is 11.3. The van der Waals surface area contributed by atoms with Crippen LogP contribution in [-0.2, 0) is 11.3 Å². The summed E-state index contributed by atoms with van der Waals surface area (Å²) in [6.07, 6.45) is 0. The third-order valence-electron chi connectivity index (χ3n) is 4.24. The molecule has 9 heteroatoms. The molecule has 1 aliphatic heterocycles. The maximum absolute atomic E-state index is 12.4. The van der Waals surface area contributed by atoms with Crippen LogP contribution in [0, 0.1) is 10.1 Å². The minimum atomic E-state index is -0.629. The van der Waals surface area contributed by atoms with Crippen LogP contribution in [0.15, 0.2) is 36.4 Å². The lowest BCUT2D eigenvalue weighted by Crippen LogP contribution is -2.39. The molecule has 0 spiro atoms. The van der Waals surface area contributed by atoms with E-state index in [0.717, 1.165) is 0 Å². The molecule has 0 saturated carbocycles. The Morgan fingerprint density at radius 2 is 1.96 bits per heavy atom. The monoisotopic (exact) mass is 389 g/mol. The molecule has 3 rings (SSSR count). The second kappa shape index (κ2) is 7.34. The summed E-state index contributed by atoms with van der Waals surface area (Å²) in [5.41, 5.74) is 1.28. The predicted molar refractivity (Wildman–Crippen MR) is 99.3 cm³/mol. The van der Waals surface area contributed by atoms with E-state index in [1.807, 2.05) is 0 Å². The number of benzene rings is 2. The number of nitro benzene ring substituents is 1. The van der Waals surface area contributed by atoms with Gasteiger partial charge in [0.05, 0.1) is 30.0 Å². The lowest BCUT2D eigenvalue weighted by atomic mass is 10.1. The molecule has 2 aromatic carbocycles. The second-order valence-corrected chi connectivity index (χ2v) is 6.54. The van der Waals surface area contributed by atoms with Gasteiger partial charge in [0.15, 0.2) is 0 Å². The molecular weight excluding hydrogens is 374 g/mol. The molecule has 1 heterocycles. The molecule has 0 fully saturated rings. The minimum absolute atomic E-state index is 0.0645. The normalized spacial score (nSPS) is 13.3. The lowest BCUT2D eigenvalue weighted by molar-refractivity contribution is -0.384. The van der Waals surface area contributed by atoms with Crippen molar-refractivity contribution >= 4 is 34.7 Å². The van der Waals surface area contributed by atoms with E-state index in [1.165, 1.54) is 30.2 Å². The summed E-state index contributed by atoms with van der Waals surface area (Å²) in [5.74, 6) is -0.671. The van der Waals surface area contributed by atoms with Crippen molar-refractivity contribution in [2.24, 2.45) is 0 Å². The number of ketones is 1. The largest absolute Gasteiger partial charge is 0.497 e. The standard InChI is InChI=1S/C18H16ClN3O5/c1-20(9-11-7-12(22(25)26)3-6-15(11)19)10-21-16-8-13(27-2)4-5-14(16)17(23)18(21)24/h3-8H,9-10H2,1-2H3. The predicted octanol–water partition coefficient (Wildman–Crippen LogP) is 2.88. The fourth-order valence-electron chi connectivity index (χ4n) is 2.92. The van der Waals surface area contributed by atoms with Crippen molar-refractivity contribution in [2.45, 2.75) is 6.54 Å². The highest BCUT2D eigenvalue weighted by molar-refractivity contribution is 6.52. The van der Waals surface area contributed by atoms with E-state index in [9.17, 15) is 19.7 Å². The number of Topliss-reactive ketones (excluding diaryl/α,β-unsaturated/α-hetero) is 1. The number of nitrogens with zero attached hydrogens (tertiary/aromatic N) is 3. The van der Waals surface area contributed by atoms with Crippen LogP contribution < -0.4 is 9.64 Å². The SMILES string of the molecule is COc1ccc2c(c1)N(CN(C)Cc1cc([N+](=O)[O-])ccc1Cl)C(=O)C2=O. The Bertz CT molecular complexity index is 947. The number of ether oxygens (including phenoxy) is 1. The molecular formula is C18H16ClN3O5. The summed E-state index contributed by atoms with van der Waals surface area (Å²) < 4.78 is 5.17. The van der Waals surface area contributed by atoms with Crippen molar-refractivity contribution in [3.05, 3.63) is 62.7 Å². The van der Waals surface area contributed by atoms with Crippen LogP contribution >= 0.6 is 11.6 Å². The average molecular weight is 390 g/mol. The van der Waals surface area contributed by atoms with Gasteiger partial charge in [-0.1, -0.05) is 11.6 Å². The Kier molecular flexibility index (Phi) is 5.11. The summed E-state index contributed by atoms with van der Waals surface area (Å²) >= 11 is 6.13. The van der Waals surface area contributed by atoms with Gasteiger partial charge in [0, 0.05) is 29.8 Å². The molecule has 0 N–H and O–H groups in total. The van der Waals surface area contributed by atoms with E-state index in [1.54, 1.807) is 30.1 Å². The molecule has 8 nitrogen and oxygen atoms in total. The Labute approximate surface area is 160 Å². The Hall–Kier alpha value is -2.97. The van der Waals surface area contributed by atoms with Crippen LogP contribution in [-0.4, -0.2) is 42.3 Å². The summed E-state index contributed by atoms with van der Waals surface area (Å²) in [7, 11) is 3.23. The first-order valence-electron chi connectivity index (χ1n) is 7.97. The number of carbonyl (C=O) groups excluding carboxylic acids is 2. The minimum Gasteiger partial charge on any atom is -0.497 e. The van der Waals surface area contributed by atoms with Gasteiger partial charge in [-0.05, 0) is 30.8 Å². The van der Waals surface area contributed by atoms with Crippen molar-refractivity contribution in [1.29, 1.82) is 0 Å². The summed E-state index contributed by atoms with van der Waals surface area (Å²) in [4.78, 5) is 38.1. The molecule has 1 amide bonds. The molecule has 1 aliphatic rings. The topological polar surface area (TPSA) is 93.0 Å². The summed E-state index contributed by atoms with van der Waals surface area (Å²) in [6.45, 7) is 0.377. The van der Waals surface area contributed by atoms with Crippen molar-refractivity contribution < 1.29 is 19.2 Å². The van der Waals surface area contributed by atoms with Crippen LogP contribution in [0.4, 0.5) is 11.4 Å². The van der Waals surface area contributed by atoms with E-state index in [-0.39, 0.29) is 18.9 Å². The van der Waals surface area contributed by atoms with E-state index < -0.39 is 16.6 Å². The highest BCUT2D eigenvalue weighted by Crippen LogP contribution is 2.33. The molecule has 27 heavy (non-hydrogen) atoms. The number of carbonyl (C=O) groups is 2. The first kappa shape index (κ1) is 18.8. The number of methoxy groups -OCH3 is 1. The van der Waals surface area contributed by atoms with E-state index in [2.05, 4.69) is 0 Å². The number of amides is 1. The molecule has 140 valence electrons. The molecule has 0 radical (unpaired) electrons. The van der Waals surface area contributed by atoms with Gasteiger partial charge in [-0.2, -0.15) is 0 Å². The maximum Gasteiger partial charge on any atom is 0.300 e. The van der Waals surface area contributed by atoms with Crippen LogP contribution in [0.1, 0.15) is 15.9 Å². The van der Waals surface area contributed by atoms with Gasteiger partial charge in [0.1, 0.15) is 5.75 Å². The zero-order valence-electron chi connectivity index (χ0n) is 14.6. The highest BCUT2D eigenvalue weighted by Gasteiger charge is 2.36. The Morgan fingerprint density at radius 3 is 2.63 bits per heavy atom. The number of anilines is 1. The third kappa shape index (κ3) is 3.62. The van der Waals surface area contributed by atoms with Crippen LogP contribution in [0.25, 0.3) is 0 Å².